The van der Waals surface area contributed by atoms with Gasteiger partial charge in [0, 0.05) is 29.3 Å². The Bertz CT molecular complexity index is 612. The van der Waals surface area contributed by atoms with Crippen molar-refractivity contribution < 1.29 is 19.5 Å². The highest BCUT2D eigenvalue weighted by Crippen LogP contribution is 2.17. The summed E-state index contributed by atoms with van der Waals surface area (Å²) in [5, 5.41) is 16.9. The molecule has 0 unspecified atom stereocenters. The number of rotatable bonds is 7. The first-order valence-electron chi connectivity index (χ1n) is 7.81. The molecule has 1 rings (SSSR count). The molecule has 24 heavy (non-hydrogen) atoms. The van der Waals surface area contributed by atoms with E-state index in [4.69, 9.17) is 5.11 Å². The second-order valence-electron chi connectivity index (χ2n) is 6.58. The Morgan fingerprint density at radius 1 is 1.12 bits per heavy atom. The summed E-state index contributed by atoms with van der Waals surface area (Å²) in [5.41, 5.74) is 0.478. The van der Waals surface area contributed by atoms with Gasteiger partial charge >= 0.3 is 12.0 Å². The van der Waals surface area contributed by atoms with Crippen molar-refractivity contribution in [2.75, 3.05) is 10.6 Å². The van der Waals surface area contributed by atoms with Crippen LogP contribution in [0.3, 0.4) is 0 Å². The molecule has 0 aliphatic heterocycles. The number of carbonyl (C=O) groups is 3. The molecule has 0 saturated heterocycles. The minimum Gasteiger partial charge on any atom is -0.481 e. The maximum Gasteiger partial charge on any atom is 0.319 e. The first-order valence-corrected chi connectivity index (χ1v) is 7.81. The van der Waals surface area contributed by atoms with Gasteiger partial charge in [-0.1, -0.05) is 19.9 Å². The third kappa shape index (κ3) is 7.13. The van der Waals surface area contributed by atoms with Crippen molar-refractivity contribution in [1.82, 2.24) is 5.32 Å². The lowest BCUT2D eigenvalue weighted by atomic mass is 9.99. The molecular formula is C17H25N3O4. The Balaban J connectivity index is 2.64. The average Bonchev–Trinajstić information content (AvgIpc) is 2.44. The summed E-state index contributed by atoms with van der Waals surface area (Å²) < 4.78 is 0. The molecule has 4 N–H and O–H groups in total. The van der Waals surface area contributed by atoms with E-state index in [0.29, 0.717) is 17.8 Å². The molecule has 0 heterocycles. The number of aliphatic carboxylic acids is 1. The molecule has 0 aliphatic carbocycles. The van der Waals surface area contributed by atoms with Crippen LogP contribution in [-0.4, -0.2) is 28.6 Å². The number of carboxylic acids is 1. The quantitative estimate of drug-likeness (QED) is 0.614. The summed E-state index contributed by atoms with van der Waals surface area (Å²) in [6.07, 6.45) is 0.296. The first-order chi connectivity index (χ1) is 11.1. The highest BCUT2D eigenvalue weighted by atomic mass is 16.4. The Kier molecular flexibility index (Phi) is 6.76. The topological polar surface area (TPSA) is 108 Å². The van der Waals surface area contributed by atoms with E-state index in [-0.39, 0.29) is 18.2 Å². The minimum absolute atomic E-state index is 0.0238. The van der Waals surface area contributed by atoms with Gasteiger partial charge in [-0.2, -0.15) is 0 Å². The Morgan fingerprint density at radius 3 is 2.25 bits per heavy atom. The van der Waals surface area contributed by atoms with E-state index in [2.05, 4.69) is 16.0 Å². The third-order valence-electron chi connectivity index (χ3n) is 3.33. The van der Waals surface area contributed by atoms with Gasteiger partial charge < -0.3 is 21.1 Å². The summed E-state index contributed by atoms with van der Waals surface area (Å²) in [7, 11) is 0. The standard InChI is InChI=1S/C17H25N3O4/c1-11(2)15(23)18-12-6-5-7-13(10-12)19-16(24)20-17(3,4)9-8-14(21)22/h5-7,10-11H,8-9H2,1-4H3,(H,18,23)(H,21,22)(H2,19,20,24). The molecule has 0 bridgehead atoms. The largest absolute Gasteiger partial charge is 0.481 e. The van der Waals surface area contributed by atoms with Gasteiger partial charge in [0.05, 0.1) is 0 Å². The van der Waals surface area contributed by atoms with Crippen molar-refractivity contribution >= 4 is 29.3 Å². The second-order valence-corrected chi connectivity index (χ2v) is 6.58. The van der Waals surface area contributed by atoms with Crippen LogP contribution in [0.25, 0.3) is 0 Å². The maximum absolute atomic E-state index is 12.1. The van der Waals surface area contributed by atoms with E-state index in [1.807, 2.05) is 0 Å². The smallest absolute Gasteiger partial charge is 0.319 e. The lowest BCUT2D eigenvalue weighted by Gasteiger charge is -2.25. The van der Waals surface area contributed by atoms with Gasteiger partial charge in [-0.15, -0.1) is 0 Å². The number of amides is 3. The highest BCUT2D eigenvalue weighted by Gasteiger charge is 2.21. The van der Waals surface area contributed by atoms with E-state index in [9.17, 15) is 14.4 Å². The lowest BCUT2D eigenvalue weighted by molar-refractivity contribution is -0.137. The van der Waals surface area contributed by atoms with Gasteiger partial charge in [0.2, 0.25) is 5.91 Å². The van der Waals surface area contributed by atoms with Crippen LogP contribution in [0.2, 0.25) is 0 Å². The molecule has 0 aromatic heterocycles. The maximum atomic E-state index is 12.1. The number of urea groups is 1. The van der Waals surface area contributed by atoms with Crippen molar-refractivity contribution in [2.24, 2.45) is 5.92 Å². The van der Waals surface area contributed by atoms with Crippen LogP contribution in [0.15, 0.2) is 24.3 Å². The normalized spacial score (nSPS) is 11.0. The summed E-state index contributed by atoms with van der Waals surface area (Å²) in [6.45, 7) is 7.11. The molecule has 0 fully saturated rings. The molecule has 1 aromatic rings. The van der Waals surface area contributed by atoms with E-state index in [1.54, 1.807) is 52.0 Å². The van der Waals surface area contributed by atoms with Crippen LogP contribution < -0.4 is 16.0 Å². The van der Waals surface area contributed by atoms with Gasteiger partial charge in [-0.25, -0.2) is 4.79 Å². The number of benzene rings is 1. The summed E-state index contributed by atoms with van der Waals surface area (Å²) in [4.78, 5) is 34.4. The number of anilines is 2. The molecular weight excluding hydrogens is 310 g/mol. The van der Waals surface area contributed by atoms with Gasteiger partial charge in [-0.3, -0.25) is 9.59 Å². The zero-order valence-corrected chi connectivity index (χ0v) is 14.5. The number of hydrogen-bond acceptors (Lipinski definition) is 3. The van der Waals surface area contributed by atoms with Crippen molar-refractivity contribution in [2.45, 2.75) is 46.1 Å². The van der Waals surface area contributed by atoms with Crippen molar-refractivity contribution in [3.05, 3.63) is 24.3 Å². The van der Waals surface area contributed by atoms with E-state index < -0.39 is 17.5 Å². The van der Waals surface area contributed by atoms with Crippen LogP contribution in [-0.2, 0) is 9.59 Å². The molecule has 0 aliphatic rings. The third-order valence-corrected chi connectivity index (χ3v) is 3.33. The van der Waals surface area contributed by atoms with Crippen LogP contribution in [0.4, 0.5) is 16.2 Å². The van der Waals surface area contributed by atoms with E-state index in [1.165, 1.54) is 0 Å². The van der Waals surface area contributed by atoms with Crippen LogP contribution >= 0.6 is 0 Å². The zero-order valence-electron chi connectivity index (χ0n) is 14.5. The van der Waals surface area contributed by atoms with Crippen LogP contribution in [0.5, 0.6) is 0 Å². The Morgan fingerprint density at radius 2 is 1.71 bits per heavy atom. The SMILES string of the molecule is CC(C)C(=O)Nc1cccc(NC(=O)NC(C)(C)CCC(=O)O)c1. The second kappa shape index (κ2) is 8.33. The molecule has 7 heteroatoms. The van der Waals surface area contributed by atoms with E-state index in [0.717, 1.165) is 0 Å². The molecule has 0 radical (unpaired) electrons. The summed E-state index contributed by atoms with van der Waals surface area (Å²) in [6, 6.07) is 6.39. The molecule has 1 aromatic carbocycles. The van der Waals surface area contributed by atoms with Gasteiger partial charge in [0.1, 0.15) is 0 Å². The minimum atomic E-state index is -0.904. The fourth-order valence-corrected chi connectivity index (χ4v) is 1.91. The molecule has 0 spiro atoms. The van der Waals surface area contributed by atoms with Crippen LogP contribution in [0.1, 0.15) is 40.5 Å². The lowest BCUT2D eigenvalue weighted by Crippen LogP contribution is -2.45. The van der Waals surface area contributed by atoms with Gasteiger partial charge in [0.25, 0.3) is 0 Å². The predicted molar refractivity (Wildman–Crippen MR) is 93.0 cm³/mol. The molecule has 7 nitrogen and oxygen atoms in total. The number of carboxylic acid groups (broad SMARTS) is 1. The van der Waals surface area contributed by atoms with Crippen molar-refractivity contribution in [3.63, 3.8) is 0 Å². The van der Waals surface area contributed by atoms with Crippen molar-refractivity contribution in [1.29, 1.82) is 0 Å². The zero-order chi connectivity index (χ0) is 18.3. The fraction of sp³-hybridized carbons (Fsp3) is 0.471. The highest BCUT2D eigenvalue weighted by molar-refractivity contribution is 5.94. The van der Waals surface area contributed by atoms with Crippen molar-refractivity contribution in [3.8, 4) is 0 Å². The monoisotopic (exact) mass is 335 g/mol. The molecule has 0 atom stereocenters. The Hall–Kier alpha value is -2.57. The van der Waals surface area contributed by atoms with Gasteiger partial charge in [-0.05, 0) is 38.5 Å². The molecule has 3 amide bonds. The number of nitrogens with one attached hydrogen (secondary N) is 3. The van der Waals surface area contributed by atoms with Crippen LogP contribution in [0, 0.1) is 5.92 Å². The summed E-state index contributed by atoms with van der Waals surface area (Å²) >= 11 is 0. The van der Waals surface area contributed by atoms with E-state index >= 15 is 0 Å². The molecule has 132 valence electrons. The first kappa shape index (κ1) is 19.5. The number of carbonyl (C=O) groups excluding carboxylic acids is 2. The molecule has 0 saturated carbocycles. The average molecular weight is 335 g/mol. The predicted octanol–water partition coefficient (Wildman–Crippen LogP) is 3.05. The van der Waals surface area contributed by atoms with Gasteiger partial charge in [0.15, 0.2) is 0 Å². The fourth-order valence-electron chi connectivity index (χ4n) is 1.91. The number of hydrogen-bond donors (Lipinski definition) is 4. The Labute approximate surface area is 141 Å². The summed E-state index contributed by atoms with van der Waals surface area (Å²) in [5.74, 6) is -1.15.